The maximum absolute atomic E-state index is 6.52. The molecule has 0 fully saturated rings. The minimum atomic E-state index is -1.05. The standard InChI is InChI=1S/C46H44O4P2.C14H16N2.2ClH.Ru/c1-27-13-28(2)18-35(17-27)51(36-19-29(3)14-30(4)20-36)41-11-9-39-45(49-25-47-39)43(41)44-42(12-10-40-46(44)50-26-48-40)52(37-21-31(5)15-32(6)22-37)38-23-33(7)16-34(8)24-38;15-13(11-7-3-1-4-8-11)14(16)12-9-5-2-6-10-12;;;/h9-24H,25-26H2,1-8H3;1-10,13-14H,15-16H2;2*1H;/q;;;;+2/p-2. The molecule has 8 aromatic rings. The van der Waals surface area contributed by atoms with Gasteiger partial charge in [0.05, 0.1) is 0 Å². The molecule has 4 N–H and O–H groups in total. The van der Waals surface area contributed by atoms with E-state index in [1.54, 1.807) is 0 Å². The van der Waals surface area contributed by atoms with Gasteiger partial charge in [0.2, 0.25) is 13.6 Å². The van der Waals surface area contributed by atoms with Gasteiger partial charge in [0.1, 0.15) is 0 Å². The zero-order chi connectivity index (χ0) is 50.3. The van der Waals surface area contributed by atoms with Crippen LogP contribution in [-0.2, 0) is 15.1 Å². The fraction of sp³-hybridized carbons (Fsp3) is 0.200. The second-order valence-electron chi connectivity index (χ2n) is 18.4. The average molecular weight is 1110 g/mol. The number of ether oxygens (including phenoxy) is 4. The van der Waals surface area contributed by atoms with Crippen molar-refractivity contribution >= 4 is 67.1 Å². The van der Waals surface area contributed by atoms with Crippen LogP contribution in [0.25, 0.3) is 11.1 Å². The third kappa shape index (κ3) is 12.2. The van der Waals surface area contributed by atoms with E-state index in [4.69, 9.17) is 49.8 Å². The third-order valence-corrected chi connectivity index (χ3v) is 17.2. The molecule has 2 aliphatic rings. The Morgan fingerprint density at radius 2 is 0.662 bits per heavy atom. The van der Waals surface area contributed by atoms with Gasteiger partial charge < -0.3 is 30.4 Å². The van der Waals surface area contributed by atoms with Crippen molar-refractivity contribution in [2.75, 3.05) is 13.6 Å². The molecule has 0 bridgehead atoms. The zero-order valence-electron chi connectivity index (χ0n) is 41.4. The number of rotatable bonds is 10. The van der Waals surface area contributed by atoms with Crippen molar-refractivity contribution in [3.8, 4) is 34.1 Å². The monoisotopic (exact) mass is 1110 g/mol. The number of nitrogens with two attached hydrogens (primary N) is 2. The molecule has 2 heterocycles. The summed E-state index contributed by atoms with van der Waals surface area (Å²) in [6.07, 6.45) is 0. The first-order valence-corrected chi connectivity index (χ1v) is 30.6. The molecular weight excluding hydrogens is 1050 g/mol. The molecule has 6 nitrogen and oxygen atoms in total. The van der Waals surface area contributed by atoms with Crippen molar-refractivity contribution in [3.63, 3.8) is 0 Å². The fourth-order valence-electron chi connectivity index (χ4n) is 9.72. The molecule has 2 aliphatic heterocycles. The summed E-state index contributed by atoms with van der Waals surface area (Å²) in [6.45, 7) is 17.9. The van der Waals surface area contributed by atoms with E-state index in [1.807, 2.05) is 60.7 Å². The van der Waals surface area contributed by atoms with E-state index in [-0.39, 0.29) is 40.8 Å². The molecule has 8 aromatic carbocycles. The predicted molar refractivity (Wildman–Crippen MR) is 298 cm³/mol. The van der Waals surface area contributed by atoms with Crippen molar-refractivity contribution in [1.82, 2.24) is 0 Å². The van der Waals surface area contributed by atoms with Gasteiger partial charge in [-0.2, -0.15) is 0 Å². The Morgan fingerprint density at radius 1 is 0.394 bits per heavy atom. The Hall–Kier alpha value is -5.06. The van der Waals surface area contributed by atoms with Crippen LogP contribution in [0.5, 0.6) is 23.0 Å². The number of hydrogen-bond acceptors (Lipinski definition) is 6. The molecule has 0 radical (unpaired) electrons. The van der Waals surface area contributed by atoms with Crippen molar-refractivity contribution in [2.45, 2.75) is 67.5 Å². The molecule has 2 unspecified atom stereocenters. The van der Waals surface area contributed by atoms with E-state index in [2.05, 4.69) is 152 Å². The quantitative estimate of drug-likeness (QED) is 0.105. The molecule has 0 aliphatic carbocycles. The third-order valence-electron chi connectivity index (χ3n) is 12.4. The van der Waals surface area contributed by atoms with E-state index >= 15 is 0 Å². The number of fused-ring (bicyclic) bond motifs is 2. The van der Waals surface area contributed by atoms with Crippen LogP contribution >= 0.6 is 35.2 Å². The summed E-state index contributed by atoms with van der Waals surface area (Å²) in [5.74, 6) is 3.03. The van der Waals surface area contributed by atoms with Crippen molar-refractivity contribution in [2.24, 2.45) is 11.5 Å². The second kappa shape index (κ2) is 23.7. The number of halogens is 2. The first kappa shape index (κ1) is 52.3. The second-order valence-corrected chi connectivity index (χ2v) is 25.4. The van der Waals surface area contributed by atoms with Crippen LogP contribution in [0.3, 0.4) is 0 Å². The van der Waals surface area contributed by atoms with E-state index in [0.717, 1.165) is 45.3 Å². The number of aryl methyl sites for hydroxylation is 8. The summed E-state index contributed by atoms with van der Waals surface area (Å²) in [7, 11) is 7.60. The average Bonchev–Trinajstić information content (AvgIpc) is 4.02. The van der Waals surface area contributed by atoms with Gasteiger partial charge in [-0.05, 0) is 138 Å². The van der Waals surface area contributed by atoms with E-state index in [1.165, 1.54) is 76.3 Å². The predicted octanol–water partition coefficient (Wildman–Crippen LogP) is 12.6. The van der Waals surface area contributed by atoms with Crippen molar-refractivity contribution in [1.29, 1.82) is 0 Å². The minimum absolute atomic E-state index is 0.163. The summed E-state index contributed by atoms with van der Waals surface area (Å²) in [5.41, 5.74) is 26.5. The van der Waals surface area contributed by atoms with E-state index in [9.17, 15) is 0 Å². The summed E-state index contributed by atoms with van der Waals surface area (Å²) in [5, 5.41) is 7.61. The van der Waals surface area contributed by atoms with Gasteiger partial charge in [-0.1, -0.05) is 178 Å². The molecule has 11 heteroatoms. The van der Waals surface area contributed by atoms with Gasteiger partial charge in [0.25, 0.3) is 0 Å². The van der Waals surface area contributed by atoms with Crippen LogP contribution in [0.15, 0.2) is 158 Å². The van der Waals surface area contributed by atoms with Crippen LogP contribution in [0.1, 0.15) is 67.7 Å². The van der Waals surface area contributed by atoms with Gasteiger partial charge >= 0.3 is 34.5 Å². The SMILES string of the molecule is Cc1cc(C)cc(P(c2cc(C)cc(C)c2)c2ccc3c(c2-c2c(P(c4cc(C)cc(C)c4)c4cc(C)cc(C)c4)ccc4c2OCO4)OCO3)c1.NC(c1ccccc1)C(N)c1ccccc1.[Cl][Ru][Cl]. The molecule has 2 atom stereocenters. The molecule has 0 saturated heterocycles. The normalized spacial score (nSPS) is 13.1. The van der Waals surface area contributed by atoms with Gasteiger partial charge in [0, 0.05) is 23.2 Å². The van der Waals surface area contributed by atoms with E-state index < -0.39 is 15.8 Å². The molecular formula is C60H60Cl2N2O4P2Ru. The van der Waals surface area contributed by atoms with Crippen LogP contribution in [0, 0.1) is 55.4 Å². The van der Waals surface area contributed by atoms with Crippen LogP contribution in [0.4, 0.5) is 0 Å². The number of benzene rings is 8. The van der Waals surface area contributed by atoms with Gasteiger partial charge in [-0.15, -0.1) is 0 Å². The summed E-state index contributed by atoms with van der Waals surface area (Å²) in [4.78, 5) is 0. The summed E-state index contributed by atoms with van der Waals surface area (Å²) >= 11 is -0.346. The topological polar surface area (TPSA) is 89.0 Å². The van der Waals surface area contributed by atoms with Gasteiger partial charge in [0.15, 0.2) is 23.0 Å². The first-order chi connectivity index (χ1) is 34.2. The molecule has 10 rings (SSSR count). The molecule has 71 heavy (non-hydrogen) atoms. The van der Waals surface area contributed by atoms with E-state index in [0.29, 0.717) is 0 Å². The Balaban J connectivity index is 0.000000298. The van der Waals surface area contributed by atoms with Crippen molar-refractivity contribution < 1.29 is 34.1 Å². The van der Waals surface area contributed by atoms with Gasteiger partial charge in [-0.3, -0.25) is 0 Å². The van der Waals surface area contributed by atoms with Crippen LogP contribution < -0.4 is 62.2 Å². The Labute approximate surface area is 438 Å². The van der Waals surface area contributed by atoms with Crippen LogP contribution in [-0.4, -0.2) is 13.6 Å². The fourth-order valence-corrected chi connectivity index (χ4v) is 15.4. The van der Waals surface area contributed by atoms with Crippen LogP contribution in [0.2, 0.25) is 0 Å². The Bertz CT molecular complexity index is 2760. The molecule has 366 valence electrons. The summed E-state index contributed by atoms with van der Waals surface area (Å²) in [6, 6.07) is 56.2. The first-order valence-electron chi connectivity index (χ1n) is 23.5. The Kier molecular flexibility index (Phi) is 17.4. The molecule has 0 aromatic heterocycles. The zero-order valence-corrected chi connectivity index (χ0v) is 46.4. The van der Waals surface area contributed by atoms with Gasteiger partial charge in [-0.25, -0.2) is 0 Å². The molecule has 0 spiro atoms. The van der Waals surface area contributed by atoms with Crippen molar-refractivity contribution in [3.05, 3.63) is 213 Å². The maximum atomic E-state index is 6.52. The molecule has 0 amide bonds. The molecule has 0 saturated carbocycles. The Morgan fingerprint density at radius 3 is 0.930 bits per heavy atom. The summed E-state index contributed by atoms with van der Waals surface area (Å²) < 4.78 is 25.4. The number of hydrogen-bond donors (Lipinski definition) is 2.